The third-order valence-corrected chi connectivity index (χ3v) is 4.07. The Morgan fingerprint density at radius 2 is 1.83 bits per heavy atom. The Morgan fingerprint density at radius 1 is 1.17 bits per heavy atom. The van der Waals surface area contributed by atoms with Gasteiger partial charge in [-0.05, 0) is 49.6 Å². The molecule has 6 nitrogen and oxygen atoms in total. The minimum absolute atomic E-state index is 0.0858. The molecule has 3 rings (SSSR count). The smallest absolute Gasteiger partial charge is 0.272 e. The number of carbonyl (C=O) groups excluding carboxylic acids is 1. The van der Waals surface area contributed by atoms with E-state index in [0.29, 0.717) is 12.1 Å². The first-order valence-corrected chi connectivity index (χ1v) is 7.91. The van der Waals surface area contributed by atoms with Gasteiger partial charge >= 0.3 is 0 Å². The molecular formula is C18H19N3O3. The number of benzene rings is 2. The Hall–Kier alpha value is -2.89. The quantitative estimate of drug-likeness (QED) is 0.624. The number of nitro groups is 1. The van der Waals surface area contributed by atoms with E-state index in [2.05, 4.69) is 10.6 Å². The lowest BCUT2D eigenvalue weighted by atomic mass is 10.1. The largest absolute Gasteiger partial charge is 0.381 e. The Balaban J connectivity index is 1.59. The number of amides is 1. The Morgan fingerprint density at radius 3 is 2.46 bits per heavy atom. The van der Waals surface area contributed by atoms with Gasteiger partial charge < -0.3 is 10.6 Å². The van der Waals surface area contributed by atoms with Crippen LogP contribution in [0.15, 0.2) is 42.5 Å². The molecule has 1 aliphatic rings. The Kier molecular flexibility index (Phi) is 4.46. The maximum atomic E-state index is 11.7. The van der Waals surface area contributed by atoms with Crippen molar-refractivity contribution in [3.05, 3.63) is 63.7 Å². The normalized spacial score (nSPS) is 13.4. The third-order valence-electron chi connectivity index (χ3n) is 4.07. The molecule has 0 bridgehead atoms. The summed E-state index contributed by atoms with van der Waals surface area (Å²) in [4.78, 5) is 22.3. The molecule has 6 heteroatoms. The van der Waals surface area contributed by atoms with Crippen LogP contribution < -0.4 is 10.6 Å². The molecular weight excluding hydrogens is 306 g/mol. The van der Waals surface area contributed by atoms with Crippen LogP contribution in [0, 0.1) is 23.0 Å². The third kappa shape index (κ3) is 3.90. The molecule has 1 fully saturated rings. The van der Waals surface area contributed by atoms with Crippen LogP contribution in [0.1, 0.15) is 24.0 Å². The highest BCUT2D eigenvalue weighted by atomic mass is 16.6. The van der Waals surface area contributed by atoms with E-state index < -0.39 is 0 Å². The van der Waals surface area contributed by atoms with Crippen LogP contribution >= 0.6 is 0 Å². The van der Waals surface area contributed by atoms with Gasteiger partial charge in [-0.2, -0.15) is 0 Å². The zero-order valence-corrected chi connectivity index (χ0v) is 13.4. The van der Waals surface area contributed by atoms with E-state index in [1.54, 1.807) is 19.1 Å². The van der Waals surface area contributed by atoms with Gasteiger partial charge in [-0.25, -0.2) is 0 Å². The molecule has 2 aromatic rings. The molecule has 0 saturated heterocycles. The Bertz CT molecular complexity index is 768. The number of nitrogens with one attached hydrogen (secondary N) is 2. The molecule has 0 aliphatic heterocycles. The van der Waals surface area contributed by atoms with Gasteiger partial charge in [-0.1, -0.05) is 12.1 Å². The SMILES string of the molecule is Cc1ccc(CNc2ccc(NC(=O)C3CC3)cc2)cc1[N+](=O)[O-]. The lowest BCUT2D eigenvalue weighted by molar-refractivity contribution is -0.385. The van der Waals surface area contributed by atoms with Gasteiger partial charge in [0, 0.05) is 35.5 Å². The standard InChI is InChI=1S/C18H19N3O3/c1-12-2-3-13(10-17(12)21(23)24)11-19-15-6-8-16(9-7-15)20-18(22)14-4-5-14/h2-3,6-10,14,19H,4-5,11H2,1H3,(H,20,22). The van der Waals surface area contributed by atoms with Crippen molar-refractivity contribution in [3.63, 3.8) is 0 Å². The molecule has 0 radical (unpaired) electrons. The summed E-state index contributed by atoms with van der Waals surface area (Å²) in [7, 11) is 0. The van der Waals surface area contributed by atoms with Crippen molar-refractivity contribution in [1.82, 2.24) is 0 Å². The van der Waals surface area contributed by atoms with E-state index >= 15 is 0 Å². The van der Waals surface area contributed by atoms with Crippen LogP contribution in [0.2, 0.25) is 0 Å². The minimum Gasteiger partial charge on any atom is -0.381 e. The van der Waals surface area contributed by atoms with Crippen LogP contribution in [0.5, 0.6) is 0 Å². The average Bonchev–Trinajstić information content (AvgIpc) is 3.40. The van der Waals surface area contributed by atoms with E-state index in [-0.39, 0.29) is 22.4 Å². The van der Waals surface area contributed by atoms with Crippen LogP contribution in [-0.2, 0) is 11.3 Å². The molecule has 24 heavy (non-hydrogen) atoms. The summed E-state index contributed by atoms with van der Waals surface area (Å²) >= 11 is 0. The average molecular weight is 325 g/mol. The number of hydrogen-bond acceptors (Lipinski definition) is 4. The van der Waals surface area contributed by atoms with Gasteiger partial charge in [0.25, 0.3) is 5.69 Å². The summed E-state index contributed by atoms with van der Waals surface area (Å²) in [5, 5.41) is 17.1. The van der Waals surface area contributed by atoms with Gasteiger partial charge in [-0.15, -0.1) is 0 Å². The zero-order chi connectivity index (χ0) is 17.1. The lowest BCUT2D eigenvalue weighted by Crippen LogP contribution is -2.13. The molecule has 0 atom stereocenters. The molecule has 0 unspecified atom stereocenters. The van der Waals surface area contributed by atoms with E-state index in [9.17, 15) is 14.9 Å². The molecule has 0 heterocycles. The van der Waals surface area contributed by atoms with Crippen molar-refractivity contribution in [1.29, 1.82) is 0 Å². The summed E-state index contributed by atoms with van der Waals surface area (Å²) < 4.78 is 0. The fraction of sp³-hybridized carbons (Fsp3) is 0.278. The van der Waals surface area contributed by atoms with Crippen molar-refractivity contribution in [2.75, 3.05) is 10.6 Å². The van der Waals surface area contributed by atoms with E-state index in [1.165, 1.54) is 0 Å². The topological polar surface area (TPSA) is 84.3 Å². The van der Waals surface area contributed by atoms with E-state index in [1.807, 2.05) is 30.3 Å². The summed E-state index contributed by atoms with van der Waals surface area (Å²) in [5.74, 6) is 0.266. The van der Waals surface area contributed by atoms with Crippen molar-refractivity contribution < 1.29 is 9.72 Å². The van der Waals surface area contributed by atoms with E-state index in [0.717, 1.165) is 29.8 Å². The molecule has 1 aliphatic carbocycles. The maximum absolute atomic E-state index is 11.7. The second-order valence-corrected chi connectivity index (χ2v) is 6.07. The highest BCUT2D eigenvalue weighted by Crippen LogP contribution is 2.30. The van der Waals surface area contributed by atoms with Crippen LogP contribution in [0.4, 0.5) is 17.1 Å². The first-order chi connectivity index (χ1) is 11.5. The number of rotatable bonds is 6. The summed E-state index contributed by atoms with van der Waals surface area (Å²) in [5.41, 5.74) is 3.30. The molecule has 0 aromatic heterocycles. The van der Waals surface area contributed by atoms with Gasteiger partial charge in [0.15, 0.2) is 0 Å². The molecule has 124 valence electrons. The number of nitro benzene ring substituents is 1. The van der Waals surface area contributed by atoms with Crippen molar-refractivity contribution in [2.24, 2.45) is 5.92 Å². The fourth-order valence-corrected chi connectivity index (χ4v) is 2.43. The number of aryl methyl sites for hydroxylation is 1. The molecule has 2 aromatic carbocycles. The van der Waals surface area contributed by atoms with Crippen LogP contribution in [0.3, 0.4) is 0 Å². The predicted octanol–water partition coefficient (Wildman–Crippen LogP) is 3.86. The van der Waals surface area contributed by atoms with E-state index in [4.69, 9.17) is 0 Å². The molecule has 2 N–H and O–H groups in total. The first-order valence-electron chi connectivity index (χ1n) is 7.91. The second kappa shape index (κ2) is 6.70. The van der Waals surface area contributed by atoms with Crippen LogP contribution in [-0.4, -0.2) is 10.8 Å². The Labute approximate surface area is 140 Å². The number of hydrogen-bond donors (Lipinski definition) is 2. The molecule has 1 saturated carbocycles. The predicted molar refractivity (Wildman–Crippen MR) is 93.0 cm³/mol. The lowest BCUT2D eigenvalue weighted by Gasteiger charge is -2.09. The molecule has 1 amide bonds. The summed E-state index contributed by atoms with van der Waals surface area (Å²) in [6.45, 7) is 2.22. The molecule has 0 spiro atoms. The number of anilines is 2. The number of nitrogens with zero attached hydrogens (tertiary/aromatic N) is 1. The fourth-order valence-electron chi connectivity index (χ4n) is 2.43. The summed E-state index contributed by atoms with van der Waals surface area (Å²) in [6.07, 6.45) is 1.96. The maximum Gasteiger partial charge on any atom is 0.272 e. The van der Waals surface area contributed by atoms with Crippen molar-refractivity contribution in [3.8, 4) is 0 Å². The van der Waals surface area contributed by atoms with Crippen molar-refractivity contribution in [2.45, 2.75) is 26.3 Å². The second-order valence-electron chi connectivity index (χ2n) is 6.07. The monoisotopic (exact) mass is 325 g/mol. The van der Waals surface area contributed by atoms with Gasteiger partial charge in [0.05, 0.1) is 4.92 Å². The minimum atomic E-state index is -0.365. The number of carbonyl (C=O) groups is 1. The van der Waals surface area contributed by atoms with Gasteiger partial charge in [-0.3, -0.25) is 14.9 Å². The highest BCUT2D eigenvalue weighted by Gasteiger charge is 2.29. The highest BCUT2D eigenvalue weighted by molar-refractivity contribution is 5.94. The van der Waals surface area contributed by atoms with Gasteiger partial charge in [0.1, 0.15) is 0 Å². The van der Waals surface area contributed by atoms with Crippen molar-refractivity contribution >= 4 is 23.0 Å². The van der Waals surface area contributed by atoms with Crippen LogP contribution in [0.25, 0.3) is 0 Å². The zero-order valence-electron chi connectivity index (χ0n) is 13.4. The summed E-state index contributed by atoms with van der Waals surface area (Å²) in [6, 6.07) is 12.7. The van der Waals surface area contributed by atoms with Gasteiger partial charge in [0.2, 0.25) is 5.91 Å². The first kappa shape index (κ1) is 16.0.